The third-order valence-electron chi connectivity index (χ3n) is 2.35. The van der Waals surface area contributed by atoms with Crippen molar-refractivity contribution >= 4 is 12.4 Å². The maximum atomic E-state index is 12.3. The summed E-state index contributed by atoms with van der Waals surface area (Å²) < 4.78 is 34.4. The monoisotopic (exact) mass is 283 g/mol. The molecule has 0 spiro atoms. The van der Waals surface area contributed by atoms with Gasteiger partial charge in [-0.05, 0) is 0 Å². The van der Waals surface area contributed by atoms with Gasteiger partial charge >= 0.3 is 0 Å². The fourth-order valence-corrected chi connectivity index (χ4v) is 1.56. The molecule has 7 heteroatoms. The lowest BCUT2D eigenvalue weighted by Gasteiger charge is -2.17. The lowest BCUT2D eigenvalue weighted by Crippen LogP contribution is -2.15. The highest BCUT2D eigenvalue weighted by Gasteiger charge is 2.21. The van der Waals surface area contributed by atoms with E-state index in [0.29, 0.717) is 5.75 Å². The van der Waals surface area contributed by atoms with Gasteiger partial charge in [-0.1, -0.05) is 0 Å². The second kappa shape index (κ2) is 7.23. The molecule has 0 bridgehead atoms. The summed E-state index contributed by atoms with van der Waals surface area (Å²) >= 11 is 0. The average Bonchev–Trinajstić information content (AvgIpc) is 2.26. The van der Waals surface area contributed by atoms with Crippen molar-refractivity contribution in [3.05, 3.63) is 17.7 Å². The molecule has 3 N–H and O–H groups in total. The van der Waals surface area contributed by atoms with E-state index in [0.717, 1.165) is 0 Å². The zero-order valence-corrected chi connectivity index (χ0v) is 10.8. The summed E-state index contributed by atoms with van der Waals surface area (Å²) in [6.07, 6.45) is -3.09. The maximum Gasteiger partial charge on any atom is 0.240 e. The normalized spacial score (nSPS) is 11.9. The first kappa shape index (κ1) is 16.7. The van der Waals surface area contributed by atoms with Crippen LogP contribution < -0.4 is 15.2 Å². The number of alkyl halides is 2. The van der Waals surface area contributed by atoms with E-state index in [1.807, 2.05) is 0 Å². The second-order valence-corrected chi connectivity index (χ2v) is 3.50. The minimum Gasteiger partial charge on any atom is -0.507 e. The molecule has 0 aliphatic carbocycles. The Hall–Kier alpha value is -1.27. The Bertz CT molecular complexity index is 391. The summed E-state index contributed by atoms with van der Waals surface area (Å²) in [5.41, 5.74) is 5.76. The van der Waals surface area contributed by atoms with Crippen LogP contribution in [0.1, 0.15) is 18.0 Å². The van der Waals surface area contributed by atoms with Crippen LogP contribution in [-0.4, -0.2) is 25.8 Å². The van der Waals surface area contributed by atoms with Gasteiger partial charge in [0.05, 0.1) is 19.8 Å². The van der Waals surface area contributed by atoms with E-state index in [2.05, 4.69) is 0 Å². The molecule has 1 rings (SSSR count). The predicted molar refractivity (Wildman–Crippen MR) is 66.0 cm³/mol. The molecule has 0 fully saturated rings. The van der Waals surface area contributed by atoms with Gasteiger partial charge in [0.25, 0.3) is 0 Å². The van der Waals surface area contributed by atoms with E-state index < -0.39 is 18.9 Å². The number of rotatable bonds is 5. The van der Waals surface area contributed by atoms with Gasteiger partial charge in [0, 0.05) is 24.6 Å². The Morgan fingerprint density at radius 3 is 2.33 bits per heavy atom. The van der Waals surface area contributed by atoms with Gasteiger partial charge in [-0.3, -0.25) is 0 Å². The number of hydrogen-bond donors (Lipinski definition) is 2. The largest absolute Gasteiger partial charge is 0.507 e. The topological polar surface area (TPSA) is 64.7 Å². The van der Waals surface area contributed by atoms with Gasteiger partial charge in [0.15, 0.2) is 0 Å². The van der Waals surface area contributed by atoms with Gasteiger partial charge in [-0.2, -0.15) is 0 Å². The van der Waals surface area contributed by atoms with Crippen LogP contribution in [-0.2, 0) is 0 Å². The molecule has 0 amide bonds. The van der Waals surface area contributed by atoms with Gasteiger partial charge in [0.2, 0.25) is 6.43 Å². The fraction of sp³-hybridized carbons (Fsp3) is 0.455. The Balaban J connectivity index is 0.00000289. The molecule has 104 valence electrons. The zero-order valence-electron chi connectivity index (χ0n) is 10.0. The van der Waals surface area contributed by atoms with Gasteiger partial charge in [0.1, 0.15) is 17.2 Å². The van der Waals surface area contributed by atoms with Crippen molar-refractivity contribution in [1.29, 1.82) is 0 Å². The van der Waals surface area contributed by atoms with Gasteiger partial charge < -0.3 is 20.3 Å². The van der Waals surface area contributed by atoms with Crippen LogP contribution in [0.2, 0.25) is 0 Å². The molecule has 0 saturated heterocycles. The van der Waals surface area contributed by atoms with Crippen LogP contribution >= 0.6 is 12.4 Å². The maximum absolute atomic E-state index is 12.3. The number of nitrogens with two attached hydrogens (primary N) is 1. The number of halogens is 3. The van der Waals surface area contributed by atoms with Crippen molar-refractivity contribution in [2.45, 2.75) is 18.9 Å². The first-order valence-electron chi connectivity index (χ1n) is 4.98. The number of methoxy groups -OCH3 is 2. The molecule has 0 saturated carbocycles. The lowest BCUT2D eigenvalue weighted by molar-refractivity contribution is 0.127. The predicted octanol–water partition coefficient (Wildman–Crippen LogP) is 2.49. The Kier molecular flexibility index (Phi) is 6.72. The van der Waals surface area contributed by atoms with Gasteiger partial charge in [-0.25, -0.2) is 8.78 Å². The van der Waals surface area contributed by atoms with Crippen molar-refractivity contribution in [3.8, 4) is 17.2 Å². The number of phenolic OH excluding ortho intramolecular Hbond substituents is 1. The van der Waals surface area contributed by atoms with Crippen molar-refractivity contribution in [1.82, 2.24) is 0 Å². The molecule has 1 aromatic rings. The zero-order chi connectivity index (χ0) is 13.0. The minimum absolute atomic E-state index is 0. The molecule has 18 heavy (non-hydrogen) atoms. The molecule has 0 aromatic heterocycles. The van der Waals surface area contributed by atoms with E-state index in [1.165, 1.54) is 26.4 Å². The Labute approximate surface area is 110 Å². The van der Waals surface area contributed by atoms with E-state index in [-0.39, 0.29) is 29.5 Å². The number of aromatic hydroxyl groups is 1. The van der Waals surface area contributed by atoms with Crippen LogP contribution in [0.4, 0.5) is 8.78 Å². The molecule has 4 nitrogen and oxygen atoms in total. The van der Waals surface area contributed by atoms with Crippen molar-refractivity contribution in [3.63, 3.8) is 0 Å². The number of hydrogen-bond acceptors (Lipinski definition) is 4. The highest BCUT2D eigenvalue weighted by molar-refractivity contribution is 5.85. The standard InChI is InChI=1S/C11H15F2NO3.ClH/c1-16-6-3-8(15)11(9(4-6)17-2)7(14)5-10(12)13;/h3-4,7,10,15H,5,14H2,1-2H3;1H/t7-;/m0./s1. The average molecular weight is 284 g/mol. The fourth-order valence-electron chi connectivity index (χ4n) is 1.56. The highest BCUT2D eigenvalue weighted by atomic mass is 35.5. The molecule has 1 aromatic carbocycles. The van der Waals surface area contributed by atoms with Gasteiger partial charge in [-0.15, -0.1) is 12.4 Å². The summed E-state index contributed by atoms with van der Waals surface area (Å²) in [7, 11) is 2.79. The third kappa shape index (κ3) is 3.89. The summed E-state index contributed by atoms with van der Waals surface area (Å²) in [6, 6.07) is 1.81. The van der Waals surface area contributed by atoms with E-state index in [1.54, 1.807) is 0 Å². The van der Waals surface area contributed by atoms with Crippen molar-refractivity contribution in [2.75, 3.05) is 14.2 Å². The van der Waals surface area contributed by atoms with Crippen LogP contribution in [0, 0.1) is 0 Å². The Morgan fingerprint density at radius 1 is 1.28 bits per heavy atom. The first-order valence-corrected chi connectivity index (χ1v) is 4.98. The molecule has 0 radical (unpaired) electrons. The summed E-state index contributed by atoms with van der Waals surface area (Å²) in [5, 5.41) is 9.73. The number of phenols is 1. The summed E-state index contributed by atoms with van der Waals surface area (Å²) in [4.78, 5) is 0. The second-order valence-electron chi connectivity index (χ2n) is 3.50. The quantitative estimate of drug-likeness (QED) is 0.871. The van der Waals surface area contributed by atoms with Crippen molar-refractivity contribution < 1.29 is 23.4 Å². The molecule has 0 unspecified atom stereocenters. The van der Waals surface area contributed by atoms with Crippen molar-refractivity contribution in [2.24, 2.45) is 5.73 Å². The van der Waals surface area contributed by atoms with Crippen LogP contribution in [0.15, 0.2) is 12.1 Å². The number of ether oxygens (including phenoxy) is 2. The highest BCUT2D eigenvalue weighted by Crippen LogP contribution is 2.38. The van der Waals surface area contributed by atoms with E-state index in [4.69, 9.17) is 15.2 Å². The minimum atomic E-state index is -2.55. The summed E-state index contributed by atoms with van der Waals surface area (Å²) in [6.45, 7) is 0. The molecule has 0 aliphatic heterocycles. The first-order chi connectivity index (χ1) is 7.99. The van der Waals surface area contributed by atoms with Crippen LogP contribution in [0.5, 0.6) is 17.2 Å². The molecule has 1 atom stereocenters. The molecule has 0 aliphatic rings. The number of benzene rings is 1. The van der Waals surface area contributed by atoms with E-state index in [9.17, 15) is 13.9 Å². The SMILES string of the molecule is COc1cc(O)c([C@@H](N)CC(F)F)c(OC)c1.Cl. The van der Waals surface area contributed by atoms with Crippen LogP contribution in [0.25, 0.3) is 0 Å². The third-order valence-corrected chi connectivity index (χ3v) is 2.35. The summed E-state index contributed by atoms with van der Waals surface area (Å²) in [5.74, 6) is 0.386. The van der Waals surface area contributed by atoms with E-state index >= 15 is 0 Å². The molecular weight excluding hydrogens is 268 g/mol. The molecular formula is C11H16ClF2NO3. The molecule has 0 heterocycles. The van der Waals surface area contributed by atoms with Crippen LogP contribution in [0.3, 0.4) is 0 Å². The smallest absolute Gasteiger partial charge is 0.240 e. The lowest BCUT2D eigenvalue weighted by atomic mass is 10.0. The Morgan fingerprint density at radius 2 is 1.89 bits per heavy atom.